The fourth-order valence-corrected chi connectivity index (χ4v) is 2.85. The molecule has 2 saturated carbocycles. The molecule has 3 N–H and O–H groups in total. The lowest BCUT2D eigenvalue weighted by Crippen LogP contribution is -2.21. The Bertz CT molecular complexity index is 486. The molecular formula is C12H16N4O2. The van der Waals surface area contributed by atoms with Crippen LogP contribution < -0.4 is 11.1 Å². The third kappa shape index (κ3) is 2.23. The highest BCUT2D eigenvalue weighted by Gasteiger charge is 2.47. The third-order valence-corrected chi connectivity index (χ3v) is 3.83. The number of rotatable bonds is 4. The molecule has 96 valence electrons. The summed E-state index contributed by atoms with van der Waals surface area (Å²) in [4.78, 5) is 22.7. The molecule has 18 heavy (non-hydrogen) atoms. The number of aromatic nitrogens is 2. The topological polar surface area (TPSA) is 90.0 Å². The average Bonchev–Trinajstić information content (AvgIpc) is 2.73. The van der Waals surface area contributed by atoms with E-state index in [2.05, 4.69) is 10.4 Å². The summed E-state index contributed by atoms with van der Waals surface area (Å²) in [6, 6.07) is 0. The molecule has 6 heteroatoms. The van der Waals surface area contributed by atoms with Crippen molar-refractivity contribution in [2.24, 2.45) is 23.5 Å². The molecule has 2 amide bonds. The number of carbonyl (C=O) groups excluding carboxylic acids is 2. The molecule has 1 aromatic rings. The van der Waals surface area contributed by atoms with Crippen LogP contribution in [0.25, 0.3) is 0 Å². The van der Waals surface area contributed by atoms with Gasteiger partial charge in [-0.05, 0) is 31.1 Å². The molecule has 6 nitrogen and oxygen atoms in total. The van der Waals surface area contributed by atoms with Gasteiger partial charge in [0.2, 0.25) is 11.8 Å². The van der Waals surface area contributed by atoms with Crippen LogP contribution in [0.1, 0.15) is 19.3 Å². The Morgan fingerprint density at radius 1 is 1.39 bits per heavy atom. The maximum absolute atomic E-state index is 12.0. The van der Waals surface area contributed by atoms with Gasteiger partial charge in [0.25, 0.3) is 0 Å². The van der Waals surface area contributed by atoms with Gasteiger partial charge in [0.1, 0.15) is 6.54 Å². The molecule has 0 aliphatic heterocycles. The molecule has 1 aromatic heterocycles. The minimum atomic E-state index is -0.452. The number of nitrogens with two attached hydrogens (primary N) is 1. The summed E-state index contributed by atoms with van der Waals surface area (Å²) in [5.41, 5.74) is 5.69. The van der Waals surface area contributed by atoms with Gasteiger partial charge in [-0.3, -0.25) is 14.3 Å². The SMILES string of the molecule is NC(=O)Cn1cc(NC(=O)C2CC3CC3C2)cn1. The maximum Gasteiger partial charge on any atom is 0.239 e. The highest BCUT2D eigenvalue weighted by atomic mass is 16.2. The minimum absolute atomic E-state index is 0.0312. The predicted molar refractivity (Wildman–Crippen MR) is 64.4 cm³/mol. The molecule has 0 bridgehead atoms. The van der Waals surface area contributed by atoms with Crippen LogP contribution in [-0.2, 0) is 16.1 Å². The Hall–Kier alpha value is -1.85. The van der Waals surface area contributed by atoms with Crippen molar-refractivity contribution < 1.29 is 9.59 Å². The molecule has 2 unspecified atom stereocenters. The summed E-state index contributed by atoms with van der Waals surface area (Å²) in [6.07, 6.45) is 6.51. The zero-order valence-corrected chi connectivity index (χ0v) is 10.0. The average molecular weight is 248 g/mol. The van der Waals surface area contributed by atoms with Crippen LogP contribution in [0.3, 0.4) is 0 Å². The van der Waals surface area contributed by atoms with E-state index in [1.54, 1.807) is 6.20 Å². The van der Waals surface area contributed by atoms with Crippen LogP contribution in [-0.4, -0.2) is 21.6 Å². The summed E-state index contributed by atoms with van der Waals surface area (Å²) in [7, 11) is 0. The number of amides is 2. The maximum atomic E-state index is 12.0. The standard InChI is InChI=1S/C12H16N4O2/c13-11(17)6-16-5-10(4-14-16)15-12(18)9-2-7-1-8(7)3-9/h4-5,7-9H,1-3,6H2,(H2,13,17)(H,15,18). The van der Waals surface area contributed by atoms with Crippen molar-refractivity contribution in [2.45, 2.75) is 25.8 Å². The molecule has 0 aromatic carbocycles. The molecule has 2 atom stereocenters. The van der Waals surface area contributed by atoms with Crippen molar-refractivity contribution in [2.75, 3.05) is 5.32 Å². The summed E-state index contributed by atoms with van der Waals surface area (Å²) in [5.74, 6) is 1.34. The minimum Gasteiger partial charge on any atom is -0.368 e. The Kier molecular flexibility index (Phi) is 2.57. The molecule has 1 heterocycles. The van der Waals surface area contributed by atoms with E-state index in [-0.39, 0.29) is 18.4 Å². The zero-order valence-electron chi connectivity index (χ0n) is 10.0. The van der Waals surface area contributed by atoms with Crippen LogP contribution in [0, 0.1) is 17.8 Å². The molecular weight excluding hydrogens is 232 g/mol. The molecule has 2 fully saturated rings. The molecule has 2 aliphatic carbocycles. The fraction of sp³-hybridized carbons (Fsp3) is 0.583. The lowest BCUT2D eigenvalue weighted by atomic mass is 10.0. The van der Waals surface area contributed by atoms with Crippen molar-refractivity contribution in [3.05, 3.63) is 12.4 Å². The van der Waals surface area contributed by atoms with Crippen LogP contribution in [0.4, 0.5) is 5.69 Å². The van der Waals surface area contributed by atoms with Crippen molar-refractivity contribution in [3.63, 3.8) is 0 Å². The molecule has 3 rings (SSSR count). The van der Waals surface area contributed by atoms with E-state index in [0.717, 1.165) is 24.7 Å². The Morgan fingerprint density at radius 3 is 2.78 bits per heavy atom. The van der Waals surface area contributed by atoms with Crippen molar-refractivity contribution in [1.82, 2.24) is 9.78 Å². The number of anilines is 1. The Balaban J connectivity index is 1.56. The first kappa shape index (κ1) is 11.3. The van der Waals surface area contributed by atoms with E-state index in [9.17, 15) is 9.59 Å². The van der Waals surface area contributed by atoms with Gasteiger partial charge in [0, 0.05) is 12.1 Å². The number of primary amides is 1. The summed E-state index contributed by atoms with van der Waals surface area (Å²) in [5, 5.41) is 6.81. The van der Waals surface area contributed by atoms with E-state index in [4.69, 9.17) is 5.73 Å². The van der Waals surface area contributed by atoms with Crippen molar-refractivity contribution in [1.29, 1.82) is 0 Å². The quantitative estimate of drug-likeness (QED) is 0.805. The van der Waals surface area contributed by atoms with E-state index in [0.29, 0.717) is 5.69 Å². The van der Waals surface area contributed by atoms with Crippen molar-refractivity contribution in [3.8, 4) is 0 Å². The number of hydrogen-bond acceptors (Lipinski definition) is 3. The first-order chi connectivity index (χ1) is 8.61. The van der Waals surface area contributed by atoms with E-state index in [1.807, 2.05) is 0 Å². The van der Waals surface area contributed by atoms with Gasteiger partial charge in [0.15, 0.2) is 0 Å². The third-order valence-electron chi connectivity index (χ3n) is 3.83. The summed E-state index contributed by atoms with van der Waals surface area (Å²) in [6.45, 7) is 0.0312. The largest absolute Gasteiger partial charge is 0.368 e. The van der Waals surface area contributed by atoms with Crippen LogP contribution in [0.15, 0.2) is 12.4 Å². The molecule has 2 aliphatic rings. The molecule has 0 spiro atoms. The highest BCUT2D eigenvalue weighted by molar-refractivity contribution is 5.92. The van der Waals surface area contributed by atoms with E-state index in [1.165, 1.54) is 17.3 Å². The second-order valence-electron chi connectivity index (χ2n) is 5.31. The number of carbonyl (C=O) groups is 2. The zero-order chi connectivity index (χ0) is 12.7. The normalized spacial score (nSPS) is 28.8. The lowest BCUT2D eigenvalue weighted by Gasteiger charge is -2.10. The van der Waals surface area contributed by atoms with Crippen LogP contribution in [0.2, 0.25) is 0 Å². The first-order valence-corrected chi connectivity index (χ1v) is 6.23. The number of hydrogen-bond donors (Lipinski definition) is 2. The Morgan fingerprint density at radius 2 is 2.11 bits per heavy atom. The predicted octanol–water partition coefficient (Wildman–Crippen LogP) is 0.353. The fourth-order valence-electron chi connectivity index (χ4n) is 2.85. The second kappa shape index (κ2) is 4.12. The second-order valence-corrected chi connectivity index (χ2v) is 5.31. The summed E-state index contributed by atoms with van der Waals surface area (Å²) >= 11 is 0. The monoisotopic (exact) mass is 248 g/mol. The number of nitrogens with zero attached hydrogens (tertiary/aromatic N) is 2. The van der Waals surface area contributed by atoms with Gasteiger partial charge in [0.05, 0.1) is 11.9 Å². The van der Waals surface area contributed by atoms with Crippen LogP contribution in [0.5, 0.6) is 0 Å². The smallest absolute Gasteiger partial charge is 0.239 e. The van der Waals surface area contributed by atoms with E-state index < -0.39 is 5.91 Å². The highest BCUT2D eigenvalue weighted by Crippen LogP contribution is 2.54. The van der Waals surface area contributed by atoms with Gasteiger partial charge in [-0.25, -0.2) is 0 Å². The first-order valence-electron chi connectivity index (χ1n) is 6.23. The van der Waals surface area contributed by atoms with Gasteiger partial charge >= 0.3 is 0 Å². The van der Waals surface area contributed by atoms with Gasteiger partial charge in [-0.2, -0.15) is 5.10 Å². The van der Waals surface area contributed by atoms with Crippen molar-refractivity contribution >= 4 is 17.5 Å². The van der Waals surface area contributed by atoms with Gasteiger partial charge < -0.3 is 11.1 Å². The lowest BCUT2D eigenvalue weighted by molar-refractivity contribution is -0.120. The van der Waals surface area contributed by atoms with Gasteiger partial charge in [-0.1, -0.05) is 0 Å². The molecule has 0 radical (unpaired) electrons. The number of fused-ring (bicyclic) bond motifs is 1. The van der Waals surface area contributed by atoms with Crippen LogP contribution >= 0.6 is 0 Å². The van der Waals surface area contributed by atoms with Gasteiger partial charge in [-0.15, -0.1) is 0 Å². The summed E-state index contributed by atoms with van der Waals surface area (Å²) < 4.78 is 1.42. The molecule has 0 saturated heterocycles. The van der Waals surface area contributed by atoms with E-state index >= 15 is 0 Å². The number of nitrogens with one attached hydrogen (secondary N) is 1. The Labute approximate surface area is 105 Å².